The number of fused-ring (bicyclic) bond motifs is 1. The first-order chi connectivity index (χ1) is 15.2. The van der Waals surface area contributed by atoms with Crippen molar-refractivity contribution in [1.82, 2.24) is 19.4 Å². The van der Waals surface area contributed by atoms with Crippen LogP contribution in [0.4, 0.5) is 4.39 Å². The lowest BCUT2D eigenvalue weighted by atomic mass is 10.1. The highest BCUT2D eigenvalue weighted by molar-refractivity contribution is 5.59. The third-order valence-corrected chi connectivity index (χ3v) is 5.64. The molecule has 1 aliphatic rings. The standard InChI is InChI=1S/C24H27FN6O/c1-5-17(20-21(26)31-14-24(2,3)29-23(31)30(4)22(20)32)27-13-15-9-11-16(12-10-15)18-7-6-8-19(25)28-18/h6-12,26-27H,5,13-14H2,1-4H3/b20-17+,26-21?. The number of pyridine rings is 1. The molecule has 0 aliphatic carbocycles. The highest BCUT2D eigenvalue weighted by Gasteiger charge is 2.26. The molecule has 0 saturated carbocycles. The first kappa shape index (κ1) is 21.7. The topological polar surface area (TPSA) is 88.1 Å². The summed E-state index contributed by atoms with van der Waals surface area (Å²) in [6.45, 7) is 7.02. The maximum absolute atomic E-state index is 13.4. The van der Waals surface area contributed by atoms with E-state index in [0.717, 1.165) is 16.8 Å². The second-order valence-corrected chi connectivity index (χ2v) is 8.63. The Hall–Kier alpha value is -3.55. The van der Waals surface area contributed by atoms with Crippen molar-refractivity contribution in [1.29, 1.82) is 5.41 Å². The molecule has 1 aromatic carbocycles. The van der Waals surface area contributed by atoms with Gasteiger partial charge < -0.3 is 5.32 Å². The van der Waals surface area contributed by atoms with E-state index in [2.05, 4.69) is 15.3 Å². The third kappa shape index (κ3) is 4.00. The van der Waals surface area contributed by atoms with Crippen LogP contribution in [0.2, 0.25) is 0 Å². The molecule has 3 heterocycles. The molecule has 166 valence electrons. The van der Waals surface area contributed by atoms with Crippen LogP contribution in [-0.2, 0) is 20.1 Å². The number of nitrogens with zero attached hydrogens (tertiary/aromatic N) is 4. The molecule has 0 amide bonds. The van der Waals surface area contributed by atoms with Crippen molar-refractivity contribution in [2.24, 2.45) is 12.0 Å². The monoisotopic (exact) mass is 434 g/mol. The molecule has 32 heavy (non-hydrogen) atoms. The number of hydrogen-bond acceptors (Lipinski definition) is 5. The Kier molecular flexibility index (Phi) is 5.54. The maximum Gasteiger partial charge on any atom is 0.265 e. The summed E-state index contributed by atoms with van der Waals surface area (Å²) in [5.41, 5.74) is 3.30. The lowest BCUT2D eigenvalue weighted by molar-refractivity contribution is 0.466. The second-order valence-electron chi connectivity index (χ2n) is 8.63. The molecular weight excluding hydrogens is 407 g/mol. The van der Waals surface area contributed by atoms with Crippen molar-refractivity contribution in [3.63, 3.8) is 0 Å². The van der Waals surface area contributed by atoms with Gasteiger partial charge in [0.05, 0.1) is 17.8 Å². The quantitative estimate of drug-likeness (QED) is 0.598. The Balaban J connectivity index is 1.66. The van der Waals surface area contributed by atoms with Crippen LogP contribution in [0, 0.1) is 11.4 Å². The zero-order valence-electron chi connectivity index (χ0n) is 18.7. The number of nitrogens with one attached hydrogen (secondary N) is 2. The summed E-state index contributed by atoms with van der Waals surface area (Å²) in [4.78, 5) is 21.6. The molecule has 0 atom stereocenters. The van der Waals surface area contributed by atoms with Crippen LogP contribution in [0.1, 0.15) is 32.8 Å². The number of hydrogen-bond donors (Lipinski definition) is 2. The lowest BCUT2D eigenvalue weighted by Crippen LogP contribution is -2.58. The molecule has 2 N–H and O–H groups in total. The number of rotatable bonds is 5. The van der Waals surface area contributed by atoms with Crippen molar-refractivity contribution in [2.45, 2.75) is 45.8 Å². The number of aromatic nitrogens is 3. The average Bonchev–Trinajstić information content (AvgIpc) is 3.11. The highest BCUT2D eigenvalue weighted by atomic mass is 19.1. The Morgan fingerprint density at radius 2 is 1.94 bits per heavy atom. The van der Waals surface area contributed by atoms with Gasteiger partial charge in [-0.05, 0) is 38.0 Å². The molecule has 0 unspecified atom stereocenters. The molecule has 2 aromatic heterocycles. The van der Waals surface area contributed by atoms with Gasteiger partial charge >= 0.3 is 0 Å². The maximum atomic E-state index is 13.4. The van der Waals surface area contributed by atoms with Gasteiger partial charge in [0.1, 0.15) is 10.7 Å². The summed E-state index contributed by atoms with van der Waals surface area (Å²) in [6, 6.07) is 12.4. The van der Waals surface area contributed by atoms with E-state index in [4.69, 9.17) is 5.41 Å². The molecule has 7 nitrogen and oxygen atoms in total. The van der Waals surface area contributed by atoms with Crippen molar-refractivity contribution >= 4 is 5.70 Å². The van der Waals surface area contributed by atoms with Gasteiger partial charge in [0, 0.05) is 24.9 Å². The molecule has 3 aromatic rings. The van der Waals surface area contributed by atoms with Crippen LogP contribution < -0.4 is 27.2 Å². The summed E-state index contributed by atoms with van der Waals surface area (Å²) in [7, 11) is 1.70. The van der Waals surface area contributed by atoms with Crippen LogP contribution in [0.25, 0.3) is 17.0 Å². The molecular formula is C24H27FN6O. The summed E-state index contributed by atoms with van der Waals surface area (Å²) in [5.74, 6) is -0.508. The fourth-order valence-electron chi connectivity index (χ4n) is 3.99. The zero-order valence-corrected chi connectivity index (χ0v) is 18.7. The van der Waals surface area contributed by atoms with Crippen molar-refractivity contribution in [2.75, 3.05) is 0 Å². The fourth-order valence-corrected chi connectivity index (χ4v) is 3.99. The Morgan fingerprint density at radius 1 is 1.22 bits per heavy atom. The van der Waals surface area contributed by atoms with Crippen LogP contribution in [0.5, 0.6) is 0 Å². The van der Waals surface area contributed by atoms with Gasteiger partial charge in [0.15, 0.2) is 0 Å². The Bertz CT molecular complexity index is 1420. The Morgan fingerprint density at radius 3 is 2.59 bits per heavy atom. The first-order valence-electron chi connectivity index (χ1n) is 10.6. The van der Waals surface area contributed by atoms with E-state index in [9.17, 15) is 9.18 Å². The van der Waals surface area contributed by atoms with Gasteiger partial charge in [-0.3, -0.25) is 19.3 Å². The smallest absolute Gasteiger partial charge is 0.265 e. The molecule has 0 saturated heterocycles. The molecule has 0 spiro atoms. The lowest BCUT2D eigenvalue weighted by Gasteiger charge is -2.14. The number of benzene rings is 1. The molecule has 0 fully saturated rings. The third-order valence-electron chi connectivity index (χ3n) is 5.64. The summed E-state index contributed by atoms with van der Waals surface area (Å²) >= 11 is 0. The highest BCUT2D eigenvalue weighted by Crippen LogP contribution is 2.18. The Labute approximate surface area is 185 Å². The average molecular weight is 435 g/mol. The van der Waals surface area contributed by atoms with Crippen molar-refractivity contribution in [3.05, 3.63) is 80.7 Å². The van der Waals surface area contributed by atoms with Gasteiger partial charge in [-0.15, -0.1) is 0 Å². The predicted molar refractivity (Wildman–Crippen MR) is 121 cm³/mol. The van der Waals surface area contributed by atoms with Crippen molar-refractivity contribution in [3.8, 4) is 11.3 Å². The van der Waals surface area contributed by atoms with Crippen molar-refractivity contribution < 1.29 is 4.39 Å². The SMILES string of the molecule is CC/C(NCc1ccc(-c2cccc(F)n2)cc1)=c1\c(=O)n(C)c2n(c1=N)CC(C)(C)N=2. The van der Waals surface area contributed by atoms with Gasteiger partial charge in [0.2, 0.25) is 11.6 Å². The van der Waals surface area contributed by atoms with E-state index < -0.39 is 5.95 Å². The minimum absolute atomic E-state index is 0.189. The largest absolute Gasteiger partial charge is 0.384 e. The van der Waals surface area contributed by atoms with E-state index in [1.807, 2.05) is 45.0 Å². The van der Waals surface area contributed by atoms with E-state index in [1.54, 1.807) is 23.7 Å². The molecule has 0 radical (unpaired) electrons. The molecule has 0 bridgehead atoms. The minimum atomic E-state index is -0.508. The van der Waals surface area contributed by atoms with Crippen LogP contribution >= 0.6 is 0 Å². The summed E-state index contributed by atoms with van der Waals surface area (Å²) < 4.78 is 16.7. The second kappa shape index (κ2) is 8.18. The van der Waals surface area contributed by atoms with E-state index in [1.165, 1.54) is 10.6 Å². The van der Waals surface area contributed by atoms with Gasteiger partial charge in [-0.25, -0.2) is 9.98 Å². The van der Waals surface area contributed by atoms with Gasteiger partial charge in [-0.1, -0.05) is 37.3 Å². The van der Waals surface area contributed by atoms with Gasteiger partial charge in [0.25, 0.3) is 5.56 Å². The van der Waals surface area contributed by atoms with Gasteiger partial charge in [-0.2, -0.15) is 4.39 Å². The minimum Gasteiger partial charge on any atom is -0.384 e. The fraction of sp³-hybridized carbons (Fsp3) is 0.333. The number of halogens is 1. The summed E-state index contributed by atoms with van der Waals surface area (Å²) in [6.07, 6.45) is 0.590. The van der Waals surface area contributed by atoms with Crippen LogP contribution in [-0.4, -0.2) is 19.7 Å². The molecule has 1 aliphatic heterocycles. The van der Waals surface area contributed by atoms with Crippen LogP contribution in [0.15, 0.2) is 52.3 Å². The normalized spacial score (nSPS) is 15.2. The molecule has 4 rings (SSSR count). The van der Waals surface area contributed by atoms with E-state index >= 15 is 0 Å². The van der Waals surface area contributed by atoms with Crippen LogP contribution in [0.3, 0.4) is 0 Å². The summed E-state index contributed by atoms with van der Waals surface area (Å²) in [5, 5.41) is 12.4. The molecule has 8 heteroatoms. The predicted octanol–water partition coefficient (Wildman–Crippen LogP) is 1.59. The van der Waals surface area contributed by atoms with E-state index in [0.29, 0.717) is 36.0 Å². The zero-order chi connectivity index (χ0) is 23.0. The first-order valence-corrected chi connectivity index (χ1v) is 10.6. The van der Waals surface area contributed by atoms with E-state index in [-0.39, 0.29) is 16.6 Å².